The minimum atomic E-state index is -0.435. The molecule has 3 aromatic rings. The molecule has 0 spiro atoms. The molecule has 1 aliphatic rings. The molecule has 0 N–H and O–H groups in total. The van der Waals surface area contributed by atoms with Crippen molar-refractivity contribution >= 4 is 40.9 Å². The van der Waals surface area contributed by atoms with Gasteiger partial charge in [-0.25, -0.2) is 9.69 Å². The predicted molar refractivity (Wildman–Crippen MR) is 134 cm³/mol. The smallest absolute Gasteiger partial charge is 0.338 e. The summed E-state index contributed by atoms with van der Waals surface area (Å²) in [5.41, 5.74) is 1.85. The Morgan fingerprint density at radius 1 is 0.882 bits per heavy atom. The van der Waals surface area contributed by atoms with Crippen molar-refractivity contribution < 1.29 is 19.1 Å². The van der Waals surface area contributed by atoms with Crippen molar-refractivity contribution in [3.8, 4) is 0 Å². The molecule has 172 valence electrons. The maximum absolute atomic E-state index is 13.6. The Hall–Kier alpha value is -3.84. The van der Waals surface area contributed by atoms with Crippen LogP contribution in [0.25, 0.3) is 0 Å². The number of esters is 1. The number of amides is 2. The molecule has 4 rings (SSSR count). The predicted octanol–water partition coefficient (Wildman–Crippen LogP) is 5.27. The van der Waals surface area contributed by atoms with Crippen molar-refractivity contribution in [2.45, 2.75) is 18.2 Å². The van der Waals surface area contributed by atoms with E-state index in [4.69, 9.17) is 4.74 Å². The molecule has 6 nitrogen and oxygen atoms in total. The molecule has 0 aliphatic carbocycles. The van der Waals surface area contributed by atoms with Crippen LogP contribution in [-0.2, 0) is 14.3 Å². The van der Waals surface area contributed by atoms with Gasteiger partial charge in [0, 0.05) is 17.6 Å². The molecular weight excluding hydrogens is 448 g/mol. The summed E-state index contributed by atoms with van der Waals surface area (Å²) < 4.78 is 5.16. The Morgan fingerprint density at radius 3 is 2.12 bits per heavy atom. The summed E-state index contributed by atoms with van der Waals surface area (Å²) in [5, 5.41) is 0. The molecular formula is C27H24N2O4S. The highest BCUT2D eigenvalue weighted by Crippen LogP contribution is 2.39. The SMILES string of the molecule is CCCOC(=O)c1ccc(N2C(=O)C(Sc3ccccc3)=C(N(C)c3ccccc3)C2=O)cc1. The average molecular weight is 473 g/mol. The van der Waals surface area contributed by atoms with Crippen molar-refractivity contribution in [1.82, 2.24) is 0 Å². The lowest BCUT2D eigenvalue weighted by Gasteiger charge is -2.21. The Kier molecular flexibility index (Phi) is 7.13. The molecule has 0 fully saturated rings. The molecule has 0 radical (unpaired) electrons. The van der Waals surface area contributed by atoms with Gasteiger partial charge in [-0.2, -0.15) is 0 Å². The zero-order chi connectivity index (χ0) is 24.1. The Morgan fingerprint density at radius 2 is 1.50 bits per heavy atom. The molecule has 7 heteroatoms. The number of nitrogens with zero attached hydrogens (tertiary/aromatic N) is 2. The van der Waals surface area contributed by atoms with Crippen molar-refractivity contribution in [1.29, 1.82) is 0 Å². The lowest BCUT2D eigenvalue weighted by atomic mass is 10.2. The van der Waals surface area contributed by atoms with Gasteiger partial charge < -0.3 is 9.64 Å². The van der Waals surface area contributed by atoms with E-state index in [-0.39, 0.29) is 0 Å². The maximum atomic E-state index is 13.6. The van der Waals surface area contributed by atoms with E-state index in [9.17, 15) is 14.4 Å². The van der Waals surface area contributed by atoms with Crippen LogP contribution in [0.2, 0.25) is 0 Å². The van der Waals surface area contributed by atoms with Crippen LogP contribution in [-0.4, -0.2) is 31.4 Å². The molecule has 0 aromatic heterocycles. The summed E-state index contributed by atoms with van der Waals surface area (Å²) in [7, 11) is 1.78. The van der Waals surface area contributed by atoms with Gasteiger partial charge >= 0.3 is 5.97 Å². The third kappa shape index (κ3) is 4.75. The second-order valence-electron chi connectivity index (χ2n) is 7.62. The van der Waals surface area contributed by atoms with Crippen molar-refractivity contribution in [2.24, 2.45) is 0 Å². The maximum Gasteiger partial charge on any atom is 0.338 e. The van der Waals surface area contributed by atoms with Crippen molar-refractivity contribution in [3.05, 3.63) is 101 Å². The summed E-state index contributed by atoms with van der Waals surface area (Å²) in [6, 6.07) is 25.2. The largest absolute Gasteiger partial charge is 0.462 e. The molecule has 3 aromatic carbocycles. The zero-order valence-corrected chi connectivity index (χ0v) is 19.7. The van der Waals surface area contributed by atoms with Gasteiger partial charge in [-0.1, -0.05) is 55.1 Å². The van der Waals surface area contributed by atoms with Crippen molar-refractivity contribution in [3.63, 3.8) is 0 Å². The number of ether oxygens (including phenoxy) is 1. The van der Waals surface area contributed by atoms with Crippen molar-refractivity contribution in [2.75, 3.05) is 23.5 Å². The van der Waals surface area contributed by atoms with Gasteiger partial charge in [0.05, 0.1) is 17.9 Å². The van der Waals surface area contributed by atoms with Crippen LogP contribution in [0.4, 0.5) is 11.4 Å². The standard InChI is InChI=1S/C27H24N2O4S/c1-3-18-33-27(32)19-14-16-21(17-15-19)29-25(30)23(28(2)20-10-6-4-7-11-20)24(26(29)31)34-22-12-8-5-9-13-22/h4-17H,3,18H2,1-2H3. The van der Waals surface area contributed by atoms with Gasteiger partial charge in [-0.05, 0) is 55.0 Å². The van der Waals surface area contributed by atoms with Crippen LogP contribution < -0.4 is 9.80 Å². The number of benzene rings is 3. The molecule has 0 saturated heterocycles. The van der Waals surface area contributed by atoms with E-state index in [1.807, 2.05) is 67.6 Å². The zero-order valence-electron chi connectivity index (χ0n) is 18.9. The van der Waals surface area contributed by atoms with Gasteiger partial charge in [-0.15, -0.1) is 0 Å². The number of likely N-dealkylation sites (N-methyl/N-ethyl adjacent to an activating group) is 1. The minimum absolute atomic E-state index is 0.302. The first-order valence-electron chi connectivity index (χ1n) is 10.9. The number of carbonyl (C=O) groups excluding carboxylic acids is 3. The van der Waals surface area contributed by atoms with E-state index in [1.165, 1.54) is 11.8 Å². The van der Waals surface area contributed by atoms with Gasteiger partial charge in [0.15, 0.2) is 0 Å². The number of rotatable bonds is 8. The molecule has 2 amide bonds. The van der Waals surface area contributed by atoms with E-state index in [2.05, 4.69) is 0 Å². The van der Waals surface area contributed by atoms with Gasteiger partial charge in [0.25, 0.3) is 11.8 Å². The molecule has 0 bridgehead atoms. The number of thioether (sulfide) groups is 1. The van der Waals surface area contributed by atoms with E-state index in [0.29, 0.717) is 28.5 Å². The van der Waals surface area contributed by atoms with Crippen LogP contribution >= 0.6 is 11.8 Å². The van der Waals surface area contributed by atoms with Crippen LogP contribution in [0.3, 0.4) is 0 Å². The Bertz CT molecular complexity index is 1220. The fourth-order valence-corrected chi connectivity index (χ4v) is 4.56. The van der Waals surface area contributed by atoms with Gasteiger partial charge in [0.2, 0.25) is 0 Å². The first-order chi connectivity index (χ1) is 16.5. The van der Waals surface area contributed by atoms with Gasteiger partial charge in [0.1, 0.15) is 10.6 Å². The average Bonchev–Trinajstić information content (AvgIpc) is 3.12. The number of carbonyl (C=O) groups is 3. The summed E-state index contributed by atoms with van der Waals surface area (Å²) in [6.45, 7) is 2.26. The monoisotopic (exact) mass is 472 g/mol. The van der Waals surface area contributed by atoms with Gasteiger partial charge in [-0.3, -0.25) is 9.59 Å². The summed E-state index contributed by atoms with van der Waals surface area (Å²) in [6.07, 6.45) is 0.728. The number of para-hydroxylation sites is 1. The molecule has 0 saturated carbocycles. The molecule has 0 atom stereocenters. The first kappa shape index (κ1) is 23.3. The molecule has 1 aliphatic heterocycles. The minimum Gasteiger partial charge on any atom is -0.462 e. The van der Waals surface area contributed by atoms with Crippen LogP contribution in [0.15, 0.2) is 100 Å². The lowest BCUT2D eigenvalue weighted by molar-refractivity contribution is -0.120. The van der Waals surface area contributed by atoms with Crippen LogP contribution in [0.5, 0.6) is 0 Å². The third-order valence-corrected chi connectivity index (χ3v) is 6.34. The van der Waals surface area contributed by atoms with E-state index >= 15 is 0 Å². The van der Waals surface area contributed by atoms with Crippen LogP contribution in [0, 0.1) is 0 Å². The fraction of sp³-hybridized carbons (Fsp3) is 0.148. The lowest BCUT2D eigenvalue weighted by Crippen LogP contribution is -2.34. The van der Waals surface area contributed by atoms with Crippen LogP contribution in [0.1, 0.15) is 23.7 Å². The second kappa shape index (κ2) is 10.4. The second-order valence-corrected chi connectivity index (χ2v) is 8.70. The highest BCUT2D eigenvalue weighted by molar-refractivity contribution is 8.04. The summed E-state index contributed by atoms with van der Waals surface area (Å²) in [5.74, 6) is -1.26. The topological polar surface area (TPSA) is 66.9 Å². The summed E-state index contributed by atoms with van der Waals surface area (Å²) in [4.78, 5) is 43.3. The summed E-state index contributed by atoms with van der Waals surface area (Å²) >= 11 is 1.26. The first-order valence-corrected chi connectivity index (χ1v) is 11.7. The quantitative estimate of drug-likeness (QED) is 0.329. The highest BCUT2D eigenvalue weighted by Gasteiger charge is 2.42. The fourth-order valence-electron chi connectivity index (χ4n) is 3.53. The Balaban J connectivity index is 1.68. The number of hydrogen-bond donors (Lipinski definition) is 0. The third-order valence-electron chi connectivity index (χ3n) is 5.26. The van der Waals surface area contributed by atoms with E-state index in [0.717, 1.165) is 21.9 Å². The molecule has 0 unspecified atom stereocenters. The van der Waals surface area contributed by atoms with E-state index in [1.54, 1.807) is 36.2 Å². The highest BCUT2D eigenvalue weighted by atomic mass is 32.2. The molecule has 1 heterocycles. The Labute approximate surface area is 202 Å². The number of hydrogen-bond acceptors (Lipinski definition) is 6. The number of anilines is 2. The van der Waals surface area contributed by atoms with E-state index < -0.39 is 17.8 Å². The number of imide groups is 1. The normalized spacial score (nSPS) is 13.4. The molecule has 34 heavy (non-hydrogen) atoms.